The molecule has 0 aromatic carbocycles. The van der Waals surface area contributed by atoms with Gasteiger partial charge in [0.05, 0.1) is 17.8 Å². The molecule has 3 rings (SSSR count). The maximum Gasteiger partial charge on any atom is 0.408 e. The van der Waals surface area contributed by atoms with Crippen molar-refractivity contribution in [3.8, 4) is 10.4 Å². The van der Waals surface area contributed by atoms with Crippen molar-refractivity contribution in [3.05, 3.63) is 46.5 Å². The van der Waals surface area contributed by atoms with Gasteiger partial charge in [0.2, 0.25) is 0 Å². The van der Waals surface area contributed by atoms with Crippen molar-refractivity contribution >= 4 is 27.6 Å². The lowest BCUT2D eigenvalue weighted by molar-refractivity contribution is 0.0499. The number of aromatic amines is 1. The molecule has 148 valence electrons. The van der Waals surface area contributed by atoms with Gasteiger partial charge >= 0.3 is 6.09 Å². The van der Waals surface area contributed by atoms with E-state index in [1.165, 1.54) is 6.20 Å². The van der Waals surface area contributed by atoms with E-state index in [9.17, 15) is 14.0 Å². The maximum absolute atomic E-state index is 14.0. The first-order chi connectivity index (χ1) is 13.2. The molecule has 3 aromatic rings. The van der Waals surface area contributed by atoms with Gasteiger partial charge in [-0.3, -0.25) is 9.78 Å². The maximum atomic E-state index is 14.0. The van der Waals surface area contributed by atoms with Crippen LogP contribution in [-0.4, -0.2) is 26.6 Å². The molecule has 0 bridgehead atoms. The Morgan fingerprint density at radius 2 is 2.18 bits per heavy atom. The van der Waals surface area contributed by atoms with E-state index in [1.54, 1.807) is 32.9 Å². The fraction of sp³-hybridized carbons (Fsp3) is 0.368. The van der Waals surface area contributed by atoms with Crippen LogP contribution in [0.2, 0.25) is 0 Å². The summed E-state index contributed by atoms with van der Waals surface area (Å²) < 4.78 is 19.7. The molecule has 1 atom stereocenters. The number of H-pyrrole nitrogens is 1. The number of hydrogen-bond donors (Lipinski definition) is 2. The molecule has 0 aliphatic rings. The molecular formula is C19H21FN4O3S. The minimum absolute atomic E-state index is 0.324. The lowest BCUT2D eigenvalue weighted by Crippen LogP contribution is -2.36. The van der Waals surface area contributed by atoms with Crippen LogP contribution in [0.15, 0.2) is 29.3 Å². The Morgan fingerprint density at radius 3 is 2.82 bits per heavy atom. The lowest BCUT2D eigenvalue weighted by atomic mass is 10.2. The Kier molecular flexibility index (Phi) is 5.46. The molecule has 7 nitrogen and oxygen atoms in total. The molecule has 0 saturated carbocycles. The summed E-state index contributed by atoms with van der Waals surface area (Å²) in [6.45, 7) is 7.16. The minimum atomic E-state index is -0.635. The van der Waals surface area contributed by atoms with E-state index in [0.29, 0.717) is 32.9 Å². The predicted molar refractivity (Wildman–Crippen MR) is 106 cm³/mol. The quantitative estimate of drug-likeness (QED) is 0.680. The molecule has 3 heterocycles. The average Bonchev–Trinajstić information content (AvgIpc) is 3.03. The number of rotatable bonds is 4. The number of alkyl carbamates (subject to hydrolysis) is 1. The first-order valence-electron chi connectivity index (χ1n) is 8.81. The third-order valence-electron chi connectivity index (χ3n) is 3.87. The van der Waals surface area contributed by atoms with E-state index < -0.39 is 23.6 Å². The number of nitrogens with zero attached hydrogens (tertiary/aromatic N) is 2. The van der Waals surface area contributed by atoms with Crippen LogP contribution in [0.5, 0.6) is 0 Å². The van der Waals surface area contributed by atoms with Gasteiger partial charge in [-0.15, -0.1) is 11.3 Å². The van der Waals surface area contributed by atoms with Crippen molar-refractivity contribution in [2.75, 3.05) is 0 Å². The van der Waals surface area contributed by atoms with Gasteiger partial charge in [-0.2, -0.15) is 0 Å². The molecule has 3 aromatic heterocycles. The van der Waals surface area contributed by atoms with Crippen LogP contribution < -0.4 is 10.9 Å². The summed E-state index contributed by atoms with van der Waals surface area (Å²) in [7, 11) is 0. The molecule has 9 heteroatoms. The smallest absolute Gasteiger partial charge is 0.408 e. The van der Waals surface area contributed by atoms with E-state index in [-0.39, 0.29) is 5.56 Å². The molecular weight excluding hydrogens is 383 g/mol. The molecule has 0 fully saturated rings. The van der Waals surface area contributed by atoms with Crippen molar-refractivity contribution in [3.63, 3.8) is 0 Å². The summed E-state index contributed by atoms with van der Waals surface area (Å²) in [5.41, 5.74) is -0.170. The van der Waals surface area contributed by atoms with Crippen LogP contribution >= 0.6 is 11.3 Å². The molecule has 1 amide bonds. The zero-order chi connectivity index (χ0) is 20.5. The first-order valence-corrected chi connectivity index (χ1v) is 9.62. The lowest BCUT2D eigenvalue weighted by Gasteiger charge is -2.22. The fourth-order valence-corrected chi connectivity index (χ4v) is 3.66. The SMILES string of the molecule is CCC(NC(=O)OC(C)(C)C)c1nc2cc(-c3ccncc3F)sc2c(=O)[nH]1. The van der Waals surface area contributed by atoms with Crippen LogP contribution in [0.3, 0.4) is 0 Å². The third-order valence-corrected chi connectivity index (χ3v) is 5.02. The Balaban J connectivity index is 1.95. The van der Waals surface area contributed by atoms with E-state index >= 15 is 0 Å². The molecule has 0 radical (unpaired) electrons. The Hall–Kier alpha value is -2.81. The van der Waals surface area contributed by atoms with Crippen molar-refractivity contribution in [2.24, 2.45) is 0 Å². The summed E-state index contributed by atoms with van der Waals surface area (Å²) in [4.78, 5) is 36.1. The number of hydrogen-bond acceptors (Lipinski definition) is 6. The number of fused-ring (bicyclic) bond motifs is 1. The van der Waals surface area contributed by atoms with E-state index in [4.69, 9.17) is 4.74 Å². The van der Waals surface area contributed by atoms with Crippen LogP contribution in [0, 0.1) is 5.82 Å². The van der Waals surface area contributed by atoms with Gasteiger partial charge in [0.1, 0.15) is 21.9 Å². The number of thiophene rings is 1. The second kappa shape index (κ2) is 7.67. The molecule has 28 heavy (non-hydrogen) atoms. The summed E-state index contributed by atoms with van der Waals surface area (Å²) in [5, 5.41) is 2.72. The number of carbonyl (C=O) groups excluding carboxylic acids is 1. The highest BCUT2D eigenvalue weighted by Crippen LogP contribution is 2.32. The van der Waals surface area contributed by atoms with Gasteiger partial charge in [-0.1, -0.05) is 6.92 Å². The normalized spacial score (nSPS) is 12.8. The zero-order valence-electron chi connectivity index (χ0n) is 16.0. The number of aromatic nitrogens is 3. The van der Waals surface area contributed by atoms with Gasteiger partial charge < -0.3 is 15.0 Å². The second-order valence-corrected chi connectivity index (χ2v) is 8.29. The Morgan fingerprint density at radius 1 is 1.43 bits per heavy atom. The first kappa shape index (κ1) is 19.9. The van der Waals surface area contributed by atoms with Gasteiger partial charge in [0.25, 0.3) is 5.56 Å². The largest absolute Gasteiger partial charge is 0.444 e. The molecule has 0 aliphatic heterocycles. The third kappa shape index (κ3) is 4.36. The van der Waals surface area contributed by atoms with Gasteiger partial charge in [0, 0.05) is 16.6 Å². The second-order valence-electron chi connectivity index (χ2n) is 7.24. The van der Waals surface area contributed by atoms with Crippen LogP contribution in [-0.2, 0) is 4.74 Å². The van der Waals surface area contributed by atoms with Gasteiger partial charge in [-0.05, 0) is 39.3 Å². The summed E-state index contributed by atoms with van der Waals surface area (Å²) >= 11 is 1.15. The summed E-state index contributed by atoms with van der Waals surface area (Å²) in [6.07, 6.45) is 2.53. The molecule has 1 unspecified atom stereocenters. The van der Waals surface area contributed by atoms with Crippen LogP contribution in [0.4, 0.5) is 9.18 Å². The number of carbonyl (C=O) groups is 1. The molecule has 0 aliphatic carbocycles. The number of nitrogens with one attached hydrogen (secondary N) is 2. The van der Waals surface area contributed by atoms with Crippen LogP contribution in [0.25, 0.3) is 20.7 Å². The van der Waals surface area contributed by atoms with Crippen molar-refractivity contribution in [2.45, 2.75) is 45.8 Å². The predicted octanol–water partition coefficient (Wildman–Crippen LogP) is 4.16. The number of halogens is 1. The average molecular weight is 404 g/mol. The minimum Gasteiger partial charge on any atom is -0.444 e. The van der Waals surface area contributed by atoms with E-state index in [0.717, 1.165) is 17.5 Å². The van der Waals surface area contributed by atoms with Crippen molar-refractivity contribution in [1.29, 1.82) is 0 Å². The van der Waals surface area contributed by atoms with Gasteiger partial charge in [0.15, 0.2) is 0 Å². The molecule has 2 N–H and O–H groups in total. The highest BCUT2D eigenvalue weighted by atomic mass is 32.1. The highest BCUT2D eigenvalue weighted by Gasteiger charge is 2.22. The van der Waals surface area contributed by atoms with Crippen molar-refractivity contribution < 1.29 is 13.9 Å². The Bertz CT molecular complexity index is 1070. The summed E-state index contributed by atoms with van der Waals surface area (Å²) in [5.74, 6) is -0.144. The highest BCUT2D eigenvalue weighted by molar-refractivity contribution is 7.22. The standard InChI is InChI=1S/C19H21FN4O3S/c1-5-12(23-18(26)27-19(2,3)4)16-22-13-8-14(28-15(13)17(25)24-16)10-6-7-21-9-11(10)20/h6-9,12H,5H2,1-4H3,(H,23,26)(H,22,24,25). The van der Waals surface area contributed by atoms with E-state index in [2.05, 4.69) is 20.3 Å². The Labute approximate surface area is 165 Å². The number of amides is 1. The number of ether oxygens (including phenoxy) is 1. The topological polar surface area (TPSA) is 97.0 Å². The van der Waals surface area contributed by atoms with Crippen LogP contribution in [0.1, 0.15) is 46.0 Å². The van der Waals surface area contributed by atoms with Crippen molar-refractivity contribution in [1.82, 2.24) is 20.3 Å². The molecule has 0 spiro atoms. The molecule has 0 saturated heterocycles. The van der Waals surface area contributed by atoms with E-state index in [1.807, 2.05) is 6.92 Å². The fourth-order valence-electron chi connectivity index (χ4n) is 2.64. The summed E-state index contributed by atoms with van der Waals surface area (Å²) in [6, 6.07) is 2.69. The van der Waals surface area contributed by atoms with Gasteiger partial charge in [-0.25, -0.2) is 14.2 Å². The number of pyridine rings is 1. The monoisotopic (exact) mass is 404 g/mol. The zero-order valence-corrected chi connectivity index (χ0v) is 16.8.